The molecule has 0 fully saturated rings. The van der Waals surface area contributed by atoms with Gasteiger partial charge < -0.3 is 10.3 Å². The van der Waals surface area contributed by atoms with E-state index in [2.05, 4.69) is 25.5 Å². The standard InChI is InChI=1S/C21H19N5O2S3/c27-16(24-21-26-25-19(31-21)12-5-2-1-3-6-12)9-10-29-11-15-22-18(28)17-13-7-4-8-14(13)30-20(17)23-15/h1-3,5-6H,4,7-11H2,(H,22,23,28)(H,24,26,27). The first-order valence-electron chi connectivity index (χ1n) is 9.97. The number of aromatic amines is 1. The Hall–Kier alpha value is -2.56. The summed E-state index contributed by atoms with van der Waals surface area (Å²) in [6.45, 7) is 0. The molecule has 0 saturated heterocycles. The van der Waals surface area contributed by atoms with Gasteiger partial charge in [0.05, 0.1) is 11.1 Å². The van der Waals surface area contributed by atoms with Crippen molar-refractivity contribution in [3.63, 3.8) is 0 Å². The van der Waals surface area contributed by atoms with Crippen LogP contribution in [-0.2, 0) is 23.4 Å². The Morgan fingerprint density at radius 3 is 2.90 bits per heavy atom. The van der Waals surface area contributed by atoms with Gasteiger partial charge in [0.15, 0.2) is 0 Å². The third kappa shape index (κ3) is 4.41. The van der Waals surface area contributed by atoms with Crippen molar-refractivity contribution < 1.29 is 4.79 Å². The van der Waals surface area contributed by atoms with Gasteiger partial charge in [-0.05, 0) is 24.8 Å². The monoisotopic (exact) mass is 469 g/mol. The van der Waals surface area contributed by atoms with Gasteiger partial charge in [-0.25, -0.2) is 4.98 Å². The molecule has 1 aliphatic rings. The van der Waals surface area contributed by atoms with Crippen LogP contribution in [0.1, 0.15) is 29.1 Å². The minimum Gasteiger partial charge on any atom is -0.309 e. The number of thiophene rings is 1. The van der Waals surface area contributed by atoms with Crippen molar-refractivity contribution >= 4 is 55.7 Å². The first kappa shape index (κ1) is 20.3. The summed E-state index contributed by atoms with van der Waals surface area (Å²) in [6.07, 6.45) is 3.51. The van der Waals surface area contributed by atoms with Gasteiger partial charge >= 0.3 is 0 Å². The maximum Gasteiger partial charge on any atom is 0.259 e. The summed E-state index contributed by atoms with van der Waals surface area (Å²) in [6, 6.07) is 9.75. The van der Waals surface area contributed by atoms with Crippen LogP contribution in [-0.4, -0.2) is 31.8 Å². The van der Waals surface area contributed by atoms with E-state index in [0.717, 1.165) is 40.1 Å². The molecule has 1 amide bonds. The van der Waals surface area contributed by atoms with Crippen molar-refractivity contribution in [3.05, 3.63) is 57.0 Å². The topological polar surface area (TPSA) is 101 Å². The van der Waals surface area contributed by atoms with Gasteiger partial charge in [-0.1, -0.05) is 41.7 Å². The quantitative estimate of drug-likeness (QED) is 0.392. The van der Waals surface area contributed by atoms with Crippen LogP contribution >= 0.6 is 34.4 Å². The number of nitrogens with one attached hydrogen (secondary N) is 2. The minimum atomic E-state index is -0.102. The Kier molecular flexibility index (Phi) is 5.84. The Morgan fingerprint density at radius 2 is 2.03 bits per heavy atom. The number of nitrogens with zero attached hydrogens (tertiary/aromatic N) is 3. The smallest absolute Gasteiger partial charge is 0.259 e. The van der Waals surface area contributed by atoms with E-state index in [4.69, 9.17) is 0 Å². The molecule has 158 valence electrons. The maximum atomic E-state index is 12.5. The summed E-state index contributed by atoms with van der Waals surface area (Å²) >= 11 is 4.57. The SMILES string of the molecule is O=C(CCSCc1nc2sc3c(c2c(=O)[nH]1)CCC3)Nc1nnc(-c2ccccc2)s1. The van der Waals surface area contributed by atoms with Gasteiger partial charge in [-0.2, -0.15) is 11.8 Å². The van der Waals surface area contributed by atoms with Gasteiger partial charge in [0.2, 0.25) is 11.0 Å². The predicted molar refractivity (Wildman–Crippen MR) is 127 cm³/mol. The fourth-order valence-corrected chi connectivity index (χ4v) is 6.45. The van der Waals surface area contributed by atoms with Crippen LogP contribution in [0.4, 0.5) is 5.13 Å². The number of carbonyl (C=O) groups is 1. The minimum absolute atomic E-state index is 0.0387. The lowest BCUT2D eigenvalue weighted by atomic mass is 10.2. The van der Waals surface area contributed by atoms with Gasteiger partial charge in [-0.15, -0.1) is 21.5 Å². The molecule has 31 heavy (non-hydrogen) atoms. The number of H-pyrrole nitrogens is 1. The Labute approximate surface area is 190 Å². The lowest BCUT2D eigenvalue weighted by Gasteiger charge is -2.03. The van der Waals surface area contributed by atoms with Crippen molar-refractivity contribution in [3.8, 4) is 10.6 Å². The largest absolute Gasteiger partial charge is 0.309 e. The second kappa shape index (κ2) is 8.89. The number of thioether (sulfide) groups is 1. The molecule has 0 radical (unpaired) electrons. The fourth-order valence-electron chi connectivity index (χ4n) is 3.60. The molecule has 1 aromatic carbocycles. The van der Waals surface area contributed by atoms with Gasteiger partial charge in [0.25, 0.3) is 5.56 Å². The van der Waals surface area contributed by atoms with E-state index >= 15 is 0 Å². The molecule has 3 heterocycles. The molecule has 0 spiro atoms. The zero-order valence-corrected chi connectivity index (χ0v) is 19.0. The number of aryl methyl sites for hydroxylation is 2. The third-order valence-corrected chi connectivity index (χ3v) is 8.07. The number of benzene rings is 1. The third-order valence-electron chi connectivity index (χ3n) is 5.03. The molecule has 1 aliphatic carbocycles. The highest BCUT2D eigenvalue weighted by Crippen LogP contribution is 2.34. The van der Waals surface area contributed by atoms with Crippen LogP contribution < -0.4 is 10.9 Å². The van der Waals surface area contributed by atoms with Crippen molar-refractivity contribution in [1.29, 1.82) is 0 Å². The Bertz CT molecular complexity index is 1300. The van der Waals surface area contributed by atoms with Crippen LogP contribution in [0.15, 0.2) is 35.1 Å². The van der Waals surface area contributed by atoms with Gasteiger partial charge in [0, 0.05) is 22.6 Å². The number of fused-ring (bicyclic) bond motifs is 3. The summed E-state index contributed by atoms with van der Waals surface area (Å²) < 4.78 is 0. The van der Waals surface area contributed by atoms with Crippen LogP contribution in [0.25, 0.3) is 20.8 Å². The molecular weight excluding hydrogens is 450 g/mol. The van der Waals surface area contributed by atoms with E-state index in [0.29, 0.717) is 28.9 Å². The molecule has 10 heteroatoms. The highest BCUT2D eigenvalue weighted by Gasteiger charge is 2.21. The molecule has 0 aliphatic heterocycles. The maximum absolute atomic E-state index is 12.5. The van der Waals surface area contributed by atoms with Crippen LogP contribution in [0.3, 0.4) is 0 Å². The lowest BCUT2D eigenvalue weighted by molar-refractivity contribution is -0.115. The molecule has 0 bridgehead atoms. The number of rotatable bonds is 7. The van der Waals surface area contributed by atoms with Crippen LogP contribution in [0.2, 0.25) is 0 Å². The molecule has 4 aromatic rings. The molecule has 0 saturated carbocycles. The Balaban J connectivity index is 1.13. The van der Waals surface area contributed by atoms with Crippen LogP contribution in [0.5, 0.6) is 0 Å². The fraction of sp³-hybridized carbons (Fsp3) is 0.286. The molecule has 0 unspecified atom stereocenters. The molecule has 3 aromatic heterocycles. The zero-order valence-electron chi connectivity index (χ0n) is 16.5. The summed E-state index contributed by atoms with van der Waals surface area (Å²) in [5.74, 6) is 1.76. The Morgan fingerprint density at radius 1 is 1.16 bits per heavy atom. The zero-order chi connectivity index (χ0) is 21.2. The second-order valence-corrected chi connectivity index (χ2v) is 10.3. The summed E-state index contributed by atoms with van der Waals surface area (Å²) in [7, 11) is 0. The van der Waals surface area contributed by atoms with E-state index in [1.54, 1.807) is 23.1 Å². The van der Waals surface area contributed by atoms with E-state index in [1.165, 1.54) is 21.8 Å². The van der Waals surface area contributed by atoms with E-state index < -0.39 is 0 Å². The predicted octanol–water partition coefficient (Wildman–Crippen LogP) is 4.25. The first-order chi connectivity index (χ1) is 15.2. The summed E-state index contributed by atoms with van der Waals surface area (Å²) in [4.78, 5) is 34.4. The number of aromatic nitrogens is 4. The molecule has 2 N–H and O–H groups in total. The number of amides is 1. The van der Waals surface area contributed by atoms with E-state index in [1.807, 2.05) is 30.3 Å². The number of hydrogen-bond donors (Lipinski definition) is 2. The normalized spacial score (nSPS) is 12.9. The lowest BCUT2D eigenvalue weighted by Crippen LogP contribution is -2.13. The molecule has 7 nitrogen and oxygen atoms in total. The average Bonchev–Trinajstić information content (AvgIpc) is 3.48. The van der Waals surface area contributed by atoms with Crippen molar-refractivity contribution in [2.45, 2.75) is 31.4 Å². The number of hydrogen-bond acceptors (Lipinski definition) is 8. The van der Waals surface area contributed by atoms with E-state index in [-0.39, 0.29) is 11.5 Å². The summed E-state index contributed by atoms with van der Waals surface area (Å²) in [5.41, 5.74) is 2.13. The average molecular weight is 470 g/mol. The first-order valence-corrected chi connectivity index (χ1v) is 12.8. The highest BCUT2D eigenvalue weighted by molar-refractivity contribution is 7.98. The van der Waals surface area contributed by atoms with Crippen molar-refractivity contribution in [2.24, 2.45) is 0 Å². The summed E-state index contributed by atoms with van der Waals surface area (Å²) in [5, 5.41) is 13.0. The van der Waals surface area contributed by atoms with E-state index in [9.17, 15) is 9.59 Å². The van der Waals surface area contributed by atoms with Gasteiger partial charge in [-0.3, -0.25) is 9.59 Å². The number of carbonyl (C=O) groups excluding carboxylic acids is 1. The highest BCUT2D eigenvalue weighted by atomic mass is 32.2. The van der Waals surface area contributed by atoms with Gasteiger partial charge in [0.1, 0.15) is 15.7 Å². The molecule has 5 rings (SSSR count). The van der Waals surface area contributed by atoms with Crippen molar-refractivity contribution in [2.75, 3.05) is 11.1 Å². The second-order valence-electron chi connectivity index (χ2n) is 7.18. The molecular formula is C21H19N5O2S3. The van der Waals surface area contributed by atoms with Crippen LogP contribution in [0, 0.1) is 0 Å². The van der Waals surface area contributed by atoms with Crippen molar-refractivity contribution in [1.82, 2.24) is 20.2 Å². The molecule has 0 atom stereocenters. The number of anilines is 1.